The Kier molecular flexibility index (Phi) is 5.72. The fourth-order valence-corrected chi connectivity index (χ4v) is 1.04. The normalized spacial score (nSPS) is 15.3. The summed E-state index contributed by atoms with van der Waals surface area (Å²) < 4.78 is 0. The highest BCUT2D eigenvalue weighted by atomic mass is 16.3. The van der Waals surface area contributed by atoms with Gasteiger partial charge in [0.1, 0.15) is 0 Å². The number of nitrogens with one attached hydrogen (secondary N) is 1. The number of aliphatic hydroxyl groups excluding tert-OH is 1. The van der Waals surface area contributed by atoms with Gasteiger partial charge in [0.15, 0.2) is 0 Å². The Morgan fingerprint density at radius 2 is 2.00 bits per heavy atom. The molecule has 1 amide bonds. The van der Waals surface area contributed by atoms with Crippen molar-refractivity contribution in [3.63, 3.8) is 0 Å². The minimum Gasteiger partial charge on any atom is -0.396 e. The van der Waals surface area contributed by atoms with E-state index in [4.69, 9.17) is 5.11 Å². The third-order valence-corrected chi connectivity index (χ3v) is 1.85. The molecule has 2 N–H and O–H groups in total. The zero-order valence-corrected chi connectivity index (χ0v) is 8.13. The Morgan fingerprint density at radius 1 is 1.42 bits per heavy atom. The molecule has 2 atom stereocenters. The second kappa shape index (κ2) is 6.00. The summed E-state index contributed by atoms with van der Waals surface area (Å²) in [6, 6.07) is 0.219. The quantitative estimate of drug-likeness (QED) is 0.649. The lowest BCUT2D eigenvalue weighted by atomic mass is 10.0. The summed E-state index contributed by atoms with van der Waals surface area (Å²) >= 11 is 0. The molecular weight excluding hydrogens is 154 g/mol. The molecule has 3 nitrogen and oxygen atoms in total. The zero-order chi connectivity index (χ0) is 9.56. The van der Waals surface area contributed by atoms with E-state index in [-0.39, 0.29) is 18.6 Å². The molecule has 0 aromatic carbocycles. The zero-order valence-electron chi connectivity index (χ0n) is 8.13. The van der Waals surface area contributed by atoms with Gasteiger partial charge in [-0.1, -0.05) is 6.92 Å². The van der Waals surface area contributed by atoms with Crippen LogP contribution < -0.4 is 5.32 Å². The summed E-state index contributed by atoms with van der Waals surface area (Å²) in [5, 5.41) is 11.5. The Bertz CT molecular complexity index is 136. The molecule has 0 aliphatic heterocycles. The van der Waals surface area contributed by atoms with Gasteiger partial charge in [-0.2, -0.15) is 0 Å². The van der Waals surface area contributed by atoms with Crippen LogP contribution >= 0.6 is 0 Å². The fourth-order valence-electron chi connectivity index (χ4n) is 1.04. The SMILES string of the molecule is CC(=O)NC(C)CCC(C)CO. The highest BCUT2D eigenvalue weighted by Gasteiger charge is 2.05. The van der Waals surface area contributed by atoms with Gasteiger partial charge in [-0.3, -0.25) is 4.79 Å². The van der Waals surface area contributed by atoms with E-state index in [1.54, 1.807) is 0 Å². The predicted molar refractivity (Wildman–Crippen MR) is 48.8 cm³/mol. The minimum absolute atomic E-state index is 0.0131. The van der Waals surface area contributed by atoms with Crippen LogP contribution in [0, 0.1) is 5.92 Å². The number of carbonyl (C=O) groups excluding carboxylic acids is 1. The van der Waals surface area contributed by atoms with Gasteiger partial charge < -0.3 is 10.4 Å². The van der Waals surface area contributed by atoms with Gasteiger partial charge in [0, 0.05) is 19.6 Å². The van der Waals surface area contributed by atoms with Crippen LogP contribution in [-0.4, -0.2) is 23.7 Å². The Morgan fingerprint density at radius 3 is 2.42 bits per heavy atom. The second-order valence-corrected chi connectivity index (χ2v) is 3.47. The maximum atomic E-state index is 10.6. The van der Waals surface area contributed by atoms with Crippen LogP contribution in [0.2, 0.25) is 0 Å². The van der Waals surface area contributed by atoms with Gasteiger partial charge in [-0.15, -0.1) is 0 Å². The largest absolute Gasteiger partial charge is 0.396 e. The van der Waals surface area contributed by atoms with E-state index in [1.807, 2.05) is 13.8 Å². The lowest BCUT2D eigenvalue weighted by Gasteiger charge is -2.14. The first-order valence-corrected chi connectivity index (χ1v) is 4.44. The lowest BCUT2D eigenvalue weighted by Crippen LogP contribution is -2.30. The van der Waals surface area contributed by atoms with Crippen LogP contribution in [0.1, 0.15) is 33.6 Å². The lowest BCUT2D eigenvalue weighted by molar-refractivity contribution is -0.119. The average Bonchev–Trinajstić information content (AvgIpc) is 1.99. The Hall–Kier alpha value is -0.570. The van der Waals surface area contributed by atoms with Crippen LogP contribution in [0.5, 0.6) is 0 Å². The monoisotopic (exact) mass is 173 g/mol. The first-order chi connectivity index (χ1) is 5.56. The maximum absolute atomic E-state index is 10.6. The molecular formula is C9H19NO2. The van der Waals surface area contributed by atoms with Crippen LogP contribution in [0.15, 0.2) is 0 Å². The van der Waals surface area contributed by atoms with Crippen LogP contribution in [0.25, 0.3) is 0 Å². The molecule has 0 aromatic rings. The van der Waals surface area contributed by atoms with Crippen molar-refractivity contribution in [2.45, 2.75) is 39.7 Å². The van der Waals surface area contributed by atoms with E-state index < -0.39 is 0 Å². The average molecular weight is 173 g/mol. The van der Waals surface area contributed by atoms with Crippen LogP contribution in [-0.2, 0) is 4.79 Å². The molecule has 0 rings (SSSR count). The van der Waals surface area contributed by atoms with Gasteiger partial charge in [-0.05, 0) is 25.7 Å². The molecule has 2 unspecified atom stereocenters. The molecule has 0 aliphatic rings. The molecule has 0 saturated carbocycles. The van der Waals surface area contributed by atoms with Crippen molar-refractivity contribution in [3.8, 4) is 0 Å². The number of amides is 1. The molecule has 0 bridgehead atoms. The van der Waals surface area contributed by atoms with Crippen molar-refractivity contribution < 1.29 is 9.90 Å². The molecule has 72 valence electrons. The van der Waals surface area contributed by atoms with E-state index in [0.29, 0.717) is 5.92 Å². The number of rotatable bonds is 5. The van der Waals surface area contributed by atoms with E-state index in [0.717, 1.165) is 12.8 Å². The summed E-state index contributed by atoms with van der Waals surface area (Å²) in [5.74, 6) is 0.348. The fraction of sp³-hybridized carbons (Fsp3) is 0.889. The third kappa shape index (κ3) is 6.16. The smallest absolute Gasteiger partial charge is 0.217 e. The van der Waals surface area contributed by atoms with E-state index in [9.17, 15) is 4.79 Å². The highest BCUT2D eigenvalue weighted by Crippen LogP contribution is 2.06. The molecule has 0 spiro atoms. The van der Waals surface area contributed by atoms with Crippen LogP contribution in [0.4, 0.5) is 0 Å². The molecule has 0 heterocycles. The van der Waals surface area contributed by atoms with E-state index >= 15 is 0 Å². The van der Waals surface area contributed by atoms with Gasteiger partial charge in [0.25, 0.3) is 0 Å². The van der Waals surface area contributed by atoms with Crippen molar-refractivity contribution in [2.75, 3.05) is 6.61 Å². The van der Waals surface area contributed by atoms with E-state index in [2.05, 4.69) is 5.32 Å². The minimum atomic E-state index is 0.0131. The number of hydrogen-bond donors (Lipinski definition) is 2. The molecule has 0 aliphatic carbocycles. The third-order valence-electron chi connectivity index (χ3n) is 1.85. The first-order valence-electron chi connectivity index (χ1n) is 4.44. The molecule has 3 heteroatoms. The maximum Gasteiger partial charge on any atom is 0.217 e. The van der Waals surface area contributed by atoms with Crippen molar-refractivity contribution in [3.05, 3.63) is 0 Å². The predicted octanol–water partition coefficient (Wildman–Crippen LogP) is 0.920. The summed E-state index contributed by atoms with van der Waals surface area (Å²) in [6.45, 7) is 5.73. The first kappa shape index (κ1) is 11.4. The molecule has 12 heavy (non-hydrogen) atoms. The second-order valence-electron chi connectivity index (χ2n) is 3.47. The Labute approximate surface area is 74.2 Å². The Balaban J connectivity index is 3.43. The van der Waals surface area contributed by atoms with Crippen molar-refractivity contribution in [2.24, 2.45) is 5.92 Å². The highest BCUT2D eigenvalue weighted by molar-refractivity contribution is 5.73. The van der Waals surface area contributed by atoms with Crippen molar-refractivity contribution in [1.29, 1.82) is 0 Å². The standard InChI is InChI=1S/C9H19NO2/c1-7(6-11)4-5-8(2)10-9(3)12/h7-8,11H,4-6H2,1-3H3,(H,10,12). The number of carbonyl (C=O) groups is 1. The van der Waals surface area contributed by atoms with E-state index in [1.165, 1.54) is 6.92 Å². The molecule has 0 saturated heterocycles. The topological polar surface area (TPSA) is 49.3 Å². The van der Waals surface area contributed by atoms with Gasteiger partial charge in [-0.25, -0.2) is 0 Å². The number of aliphatic hydroxyl groups is 1. The number of hydrogen-bond acceptors (Lipinski definition) is 2. The van der Waals surface area contributed by atoms with Gasteiger partial charge in [0.2, 0.25) is 5.91 Å². The van der Waals surface area contributed by atoms with Crippen molar-refractivity contribution >= 4 is 5.91 Å². The van der Waals surface area contributed by atoms with Crippen LogP contribution in [0.3, 0.4) is 0 Å². The van der Waals surface area contributed by atoms with Gasteiger partial charge in [0.05, 0.1) is 0 Å². The molecule has 0 fully saturated rings. The van der Waals surface area contributed by atoms with Crippen molar-refractivity contribution in [1.82, 2.24) is 5.32 Å². The summed E-state index contributed by atoms with van der Waals surface area (Å²) in [6.07, 6.45) is 1.89. The summed E-state index contributed by atoms with van der Waals surface area (Å²) in [7, 11) is 0. The molecule has 0 aromatic heterocycles. The summed E-state index contributed by atoms with van der Waals surface area (Å²) in [5.41, 5.74) is 0. The van der Waals surface area contributed by atoms with Gasteiger partial charge >= 0.3 is 0 Å². The summed E-state index contributed by atoms with van der Waals surface area (Å²) in [4.78, 5) is 10.6. The molecule has 0 radical (unpaired) electrons.